The standard InChI is InChI=1S/C16H18FN/c1-10-7-11(2)16(15(17)8-10)14-6-4-5-13(9-14)12(3)18/h4-9,12H,18H2,1-3H3. The molecule has 2 heteroatoms. The number of benzene rings is 2. The normalized spacial score (nSPS) is 12.5. The van der Waals surface area contributed by atoms with Crippen molar-refractivity contribution in [3.8, 4) is 11.1 Å². The smallest absolute Gasteiger partial charge is 0.131 e. The maximum Gasteiger partial charge on any atom is 0.131 e. The van der Waals surface area contributed by atoms with Gasteiger partial charge in [0.1, 0.15) is 5.82 Å². The Balaban J connectivity index is 2.59. The Morgan fingerprint density at radius 1 is 1.11 bits per heavy atom. The summed E-state index contributed by atoms with van der Waals surface area (Å²) in [6.45, 7) is 5.76. The van der Waals surface area contributed by atoms with Crippen molar-refractivity contribution in [1.82, 2.24) is 0 Å². The third-order valence-corrected chi connectivity index (χ3v) is 3.13. The number of halogens is 1. The molecule has 0 amide bonds. The van der Waals surface area contributed by atoms with Crippen molar-refractivity contribution in [2.75, 3.05) is 0 Å². The largest absolute Gasteiger partial charge is 0.324 e. The Morgan fingerprint density at radius 3 is 2.44 bits per heavy atom. The second-order valence-corrected chi connectivity index (χ2v) is 4.85. The monoisotopic (exact) mass is 243 g/mol. The van der Waals surface area contributed by atoms with Crippen LogP contribution in [-0.4, -0.2) is 0 Å². The third-order valence-electron chi connectivity index (χ3n) is 3.13. The van der Waals surface area contributed by atoms with E-state index in [1.165, 1.54) is 0 Å². The van der Waals surface area contributed by atoms with E-state index >= 15 is 0 Å². The highest BCUT2D eigenvalue weighted by molar-refractivity contribution is 5.69. The van der Waals surface area contributed by atoms with Crippen molar-refractivity contribution in [3.63, 3.8) is 0 Å². The highest BCUT2D eigenvalue weighted by Crippen LogP contribution is 2.29. The van der Waals surface area contributed by atoms with Crippen molar-refractivity contribution in [2.45, 2.75) is 26.8 Å². The molecule has 0 aromatic heterocycles. The molecule has 0 aliphatic heterocycles. The molecular weight excluding hydrogens is 225 g/mol. The van der Waals surface area contributed by atoms with E-state index in [0.29, 0.717) is 5.56 Å². The quantitative estimate of drug-likeness (QED) is 0.843. The van der Waals surface area contributed by atoms with Gasteiger partial charge in [-0.05, 0) is 55.2 Å². The summed E-state index contributed by atoms with van der Waals surface area (Å²) in [7, 11) is 0. The van der Waals surface area contributed by atoms with E-state index in [1.54, 1.807) is 6.07 Å². The van der Waals surface area contributed by atoms with Crippen molar-refractivity contribution >= 4 is 0 Å². The summed E-state index contributed by atoms with van der Waals surface area (Å²) in [4.78, 5) is 0. The first-order chi connectivity index (χ1) is 8.49. The van der Waals surface area contributed by atoms with E-state index in [-0.39, 0.29) is 11.9 Å². The molecule has 2 aromatic carbocycles. The van der Waals surface area contributed by atoms with Gasteiger partial charge in [-0.2, -0.15) is 0 Å². The second kappa shape index (κ2) is 4.91. The molecule has 0 spiro atoms. The Kier molecular flexibility index (Phi) is 3.48. The molecule has 0 heterocycles. The molecule has 0 saturated heterocycles. The zero-order chi connectivity index (χ0) is 13.3. The molecule has 0 saturated carbocycles. The average molecular weight is 243 g/mol. The van der Waals surface area contributed by atoms with Crippen LogP contribution in [0.1, 0.15) is 29.7 Å². The molecule has 18 heavy (non-hydrogen) atoms. The van der Waals surface area contributed by atoms with Crippen molar-refractivity contribution in [3.05, 3.63) is 58.9 Å². The number of hydrogen-bond donors (Lipinski definition) is 1. The number of nitrogens with two attached hydrogens (primary N) is 1. The van der Waals surface area contributed by atoms with Crippen LogP contribution in [0.2, 0.25) is 0 Å². The van der Waals surface area contributed by atoms with E-state index in [0.717, 1.165) is 22.3 Å². The Bertz CT molecular complexity index is 550. The number of aryl methyl sites for hydroxylation is 2. The summed E-state index contributed by atoms with van der Waals surface area (Å²) in [6.07, 6.45) is 0. The minimum absolute atomic E-state index is 0.0428. The fourth-order valence-corrected chi connectivity index (χ4v) is 2.26. The van der Waals surface area contributed by atoms with Crippen LogP contribution in [-0.2, 0) is 0 Å². The van der Waals surface area contributed by atoms with Crippen LogP contribution in [0.3, 0.4) is 0 Å². The van der Waals surface area contributed by atoms with Gasteiger partial charge >= 0.3 is 0 Å². The maximum atomic E-state index is 14.1. The van der Waals surface area contributed by atoms with Gasteiger partial charge in [0.25, 0.3) is 0 Å². The second-order valence-electron chi connectivity index (χ2n) is 4.85. The lowest BCUT2D eigenvalue weighted by Gasteiger charge is -2.12. The minimum Gasteiger partial charge on any atom is -0.324 e. The molecule has 0 bridgehead atoms. The molecule has 2 N–H and O–H groups in total. The summed E-state index contributed by atoms with van der Waals surface area (Å²) in [5.41, 5.74) is 10.3. The first kappa shape index (κ1) is 12.8. The van der Waals surface area contributed by atoms with E-state index in [4.69, 9.17) is 5.73 Å². The van der Waals surface area contributed by atoms with Crippen molar-refractivity contribution in [2.24, 2.45) is 5.73 Å². The van der Waals surface area contributed by atoms with Gasteiger partial charge in [-0.25, -0.2) is 4.39 Å². The lowest BCUT2D eigenvalue weighted by atomic mass is 9.95. The highest BCUT2D eigenvalue weighted by atomic mass is 19.1. The van der Waals surface area contributed by atoms with Gasteiger partial charge in [-0.1, -0.05) is 24.3 Å². The minimum atomic E-state index is -0.172. The van der Waals surface area contributed by atoms with Crippen LogP contribution in [0.15, 0.2) is 36.4 Å². The summed E-state index contributed by atoms with van der Waals surface area (Å²) in [5.74, 6) is -0.172. The zero-order valence-electron chi connectivity index (χ0n) is 11.0. The summed E-state index contributed by atoms with van der Waals surface area (Å²) < 4.78 is 14.1. The fraction of sp³-hybridized carbons (Fsp3) is 0.250. The molecule has 1 unspecified atom stereocenters. The molecule has 1 nitrogen and oxygen atoms in total. The number of hydrogen-bond acceptors (Lipinski definition) is 1. The molecule has 94 valence electrons. The van der Waals surface area contributed by atoms with Gasteiger partial charge in [0.2, 0.25) is 0 Å². The van der Waals surface area contributed by atoms with Gasteiger partial charge < -0.3 is 5.73 Å². The van der Waals surface area contributed by atoms with E-state index in [9.17, 15) is 4.39 Å². The molecule has 0 fully saturated rings. The topological polar surface area (TPSA) is 26.0 Å². The first-order valence-corrected chi connectivity index (χ1v) is 6.11. The van der Waals surface area contributed by atoms with Gasteiger partial charge in [0.05, 0.1) is 0 Å². The molecule has 0 radical (unpaired) electrons. The van der Waals surface area contributed by atoms with Gasteiger partial charge in [-0.15, -0.1) is 0 Å². The molecule has 2 rings (SSSR count). The van der Waals surface area contributed by atoms with Crippen LogP contribution >= 0.6 is 0 Å². The molecular formula is C16H18FN. The van der Waals surface area contributed by atoms with Crippen LogP contribution in [0.4, 0.5) is 4.39 Å². The van der Waals surface area contributed by atoms with E-state index < -0.39 is 0 Å². The Morgan fingerprint density at radius 2 is 1.83 bits per heavy atom. The third kappa shape index (κ3) is 2.44. The fourth-order valence-electron chi connectivity index (χ4n) is 2.26. The van der Waals surface area contributed by atoms with Gasteiger partial charge in [-0.3, -0.25) is 0 Å². The van der Waals surface area contributed by atoms with Crippen LogP contribution in [0.5, 0.6) is 0 Å². The molecule has 2 aromatic rings. The Hall–Kier alpha value is -1.67. The van der Waals surface area contributed by atoms with Gasteiger partial charge in [0, 0.05) is 11.6 Å². The van der Waals surface area contributed by atoms with E-state index in [2.05, 4.69) is 0 Å². The molecule has 0 aliphatic rings. The first-order valence-electron chi connectivity index (χ1n) is 6.11. The van der Waals surface area contributed by atoms with E-state index in [1.807, 2.05) is 51.1 Å². The van der Waals surface area contributed by atoms with Crippen LogP contribution < -0.4 is 5.73 Å². The number of rotatable bonds is 2. The predicted octanol–water partition coefficient (Wildman–Crippen LogP) is 4.13. The average Bonchev–Trinajstić information content (AvgIpc) is 2.28. The molecule has 0 aliphatic carbocycles. The predicted molar refractivity (Wildman–Crippen MR) is 73.9 cm³/mol. The highest BCUT2D eigenvalue weighted by Gasteiger charge is 2.10. The van der Waals surface area contributed by atoms with Crippen molar-refractivity contribution in [1.29, 1.82) is 0 Å². The summed E-state index contributed by atoms with van der Waals surface area (Å²) >= 11 is 0. The van der Waals surface area contributed by atoms with Crippen molar-refractivity contribution < 1.29 is 4.39 Å². The lowest BCUT2D eigenvalue weighted by molar-refractivity contribution is 0.629. The van der Waals surface area contributed by atoms with Crippen LogP contribution in [0.25, 0.3) is 11.1 Å². The summed E-state index contributed by atoms with van der Waals surface area (Å²) in [5, 5.41) is 0. The zero-order valence-corrected chi connectivity index (χ0v) is 11.0. The summed E-state index contributed by atoms with van der Waals surface area (Å²) in [6, 6.07) is 11.3. The molecule has 1 atom stereocenters. The SMILES string of the molecule is Cc1cc(C)c(-c2cccc(C(C)N)c2)c(F)c1. The lowest BCUT2D eigenvalue weighted by Crippen LogP contribution is -2.04. The maximum absolute atomic E-state index is 14.1. The van der Waals surface area contributed by atoms with Crippen LogP contribution in [0, 0.1) is 19.7 Å². The Labute approximate surface area is 107 Å². The van der Waals surface area contributed by atoms with Gasteiger partial charge in [0.15, 0.2) is 0 Å².